The van der Waals surface area contributed by atoms with Crippen LogP contribution in [0, 0.1) is 5.92 Å². The van der Waals surface area contributed by atoms with E-state index in [0.717, 1.165) is 17.0 Å². The van der Waals surface area contributed by atoms with Gasteiger partial charge in [0.25, 0.3) is 0 Å². The van der Waals surface area contributed by atoms with Crippen LogP contribution in [-0.2, 0) is 6.54 Å². The van der Waals surface area contributed by atoms with Crippen molar-refractivity contribution < 1.29 is 9.84 Å². The first-order valence-corrected chi connectivity index (χ1v) is 7.79. The molecular formula is C17H20BrNO2. The smallest absolute Gasteiger partial charge is 0.142 e. The van der Waals surface area contributed by atoms with Crippen LogP contribution in [0.25, 0.3) is 0 Å². The van der Waals surface area contributed by atoms with Gasteiger partial charge in [0, 0.05) is 12.1 Å². The lowest BCUT2D eigenvalue weighted by molar-refractivity contribution is 0.272. The number of nitrogens with one attached hydrogen (secondary N) is 1. The fourth-order valence-electron chi connectivity index (χ4n) is 1.89. The van der Waals surface area contributed by atoms with Crippen LogP contribution >= 0.6 is 15.9 Å². The van der Waals surface area contributed by atoms with E-state index in [2.05, 4.69) is 35.1 Å². The predicted molar refractivity (Wildman–Crippen MR) is 89.9 cm³/mol. The van der Waals surface area contributed by atoms with Gasteiger partial charge < -0.3 is 15.2 Å². The first-order chi connectivity index (χ1) is 10.1. The minimum atomic E-state index is 0.269. The fraction of sp³-hybridized carbons (Fsp3) is 0.294. The minimum Gasteiger partial charge on any atom is -0.506 e. The summed E-state index contributed by atoms with van der Waals surface area (Å²) in [7, 11) is 0. The largest absolute Gasteiger partial charge is 0.506 e. The molecular weight excluding hydrogens is 330 g/mol. The number of hydrogen-bond acceptors (Lipinski definition) is 3. The Morgan fingerprint density at radius 3 is 2.67 bits per heavy atom. The first kappa shape index (κ1) is 15.7. The monoisotopic (exact) mass is 349 g/mol. The Balaban J connectivity index is 2.07. The van der Waals surface area contributed by atoms with Gasteiger partial charge in [0.2, 0.25) is 0 Å². The molecule has 0 amide bonds. The van der Waals surface area contributed by atoms with Crippen molar-refractivity contribution >= 4 is 21.6 Å². The fourth-order valence-corrected chi connectivity index (χ4v) is 2.30. The summed E-state index contributed by atoms with van der Waals surface area (Å²) in [5, 5.41) is 13.3. The van der Waals surface area contributed by atoms with Crippen LogP contribution in [0.3, 0.4) is 0 Å². The normalized spacial score (nSPS) is 10.7. The maximum absolute atomic E-state index is 10.0. The van der Waals surface area contributed by atoms with Gasteiger partial charge in [0.1, 0.15) is 11.5 Å². The number of anilines is 1. The second-order valence-corrected chi connectivity index (χ2v) is 6.16. The summed E-state index contributed by atoms with van der Waals surface area (Å²) < 4.78 is 6.51. The number of aromatic hydroxyl groups is 1. The molecule has 0 aromatic heterocycles. The van der Waals surface area contributed by atoms with Crippen molar-refractivity contribution in [2.45, 2.75) is 20.4 Å². The molecule has 0 saturated heterocycles. The van der Waals surface area contributed by atoms with E-state index in [1.807, 2.05) is 42.5 Å². The molecule has 0 unspecified atom stereocenters. The third-order valence-corrected chi connectivity index (χ3v) is 3.64. The molecule has 3 nitrogen and oxygen atoms in total. The molecule has 0 radical (unpaired) electrons. The molecule has 112 valence electrons. The zero-order chi connectivity index (χ0) is 15.2. The molecule has 0 aliphatic heterocycles. The number of para-hydroxylation sites is 3. The zero-order valence-electron chi connectivity index (χ0n) is 12.3. The van der Waals surface area contributed by atoms with Crippen molar-refractivity contribution in [1.82, 2.24) is 0 Å². The van der Waals surface area contributed by atoms with Gasteiger partial charge >= 0.3 is 0 Å². The number of ether oxygens (including phenoxy) is 1. The third-order valence-electron chi connectivity index (χ3n) is 3.00. The van der Waals surface area contributed by atoms with Crippen molar-refractivity contribution in [3.8, 4) is 11.5 Å². The molecule has 0 heterocycles. The van der Waals surface area contributed by atoms with Crippen LogP contribution in [0.1, 0.15) is 19.4 Å². The molecule has 2 rings (SSSR count). The molecule has 0 aliphatic carbocycles. The predicted octanol–water partition coefficient (Wildman–Crippen LogP) is 4.80. The highest BCUT2D eigenvalue weighted by atomic mass is 79.9. The van der Waals surface area contributed by atoms with Gasteiger partial charge in [-0.05, 0) is 40.0 Å². The number of hydrogen-bond donors (Lipinski definition) is 2. The number of rotatable bonds is 6. The molecule has 0 bridgehead atoms. The zero-order valence-corrected chi connectivity index (χ0v) is 13.9. The minimum absolute atomic E-state index is 0.269. The van der Waals surface area contributed by atoms with E-state index in [1.165, 1.54) is 0 Å². The average molecular weight is 350 g/mol. The highest BCUT2D eigenvalue weighted by Crippen LogP contribution is 2.29. The quantitative estimate of drug-likeness (QED) is 0.786. The van der Waals surface area contributed by atoms with Gasteiger partial charge in [-0.2, -0.15) is 0 Å². The van der Waals surface area contributed by atoms with E-state index < -0.39 is 0 Å². The Bertz CT molecular complexity index is 599. The van der Waals surface area contributed by atoms with Crippen molar-refractivity contribution in [1.29, 1.82) is 0 Å². The van der Waals surface area contributed by atoms with Crippen molar-refractivity contribution in [3.05, 3.63) is 52.5 Å². The SMILES string of the molecule is CC(C)COc1ccccc1NCc1cccc(Br)c1O. The van der Waals surface area contributed by atoms with E-state index in [1.54, 1.807) is 0 Å². The van der Waals surface area contributed by atoms with Gasteiger partial charge in [-0.25, -0.2) is 0 Å². The summed E-state index contributed by atoms with van der Waals surface area (Å²) in [6, 6.07) is 13.5. The molecule has 2 aromatic rings. The lowest BCUT2D eigenvalue weighted by Gasteiger charge is -2.15. The molecule has 0 spiro atoms. The van der Waals surface area contributed by atoms with Crippen molar-refractivity contribution in [2.24, 2.45) is 5.92 Å². The van der Waals surface area contributed by atoms with Crippen LogP contribution in [0.5, 0.6) is 11.5 Å². The molecule has 21 heavy (non-hydrogen) atoms. The lowest BCUT2D eigenvalue weighted by Crippen LogP contribution is -2.07. The van der Waals surface area contributed by atoms with Crippen LogP contribution in [-0.4, -0.2) is 11.7 Å². The molecule has 4 heteroatoms. The van der Waals surface area contributed by atoms with Gasteiger partial charge in [-0.3, -0.25) is 0 Å². The summed E-state index contributed by atoms with van der Waals surface area (Å²) in [5.74, 6) is 1.58. The molecule has 2 N–H and O–H groups in total. The number of benzene rings is 2. The van der Waals surface area contributed by atoms with Gasteiger partial charge in [0.15, 0.2) is 0 Å². The molecule has 2 aromatic carbocycles. The maximum atomic E-state index is 10.0. The number of halogens is 1. The summed E-state index contributed by atoms with van der Waals surface area (Å²) in [5.41, 5.74) is 1.76. The Kier molecular flexibility index (Phi) is 5.51. The highest BCUT2D eigenvalue weighted by Gasteiger charge is 2.07. The van der Waals surface area contributed by atoms with Crippen LogP contribution in [0.2, 0.25) is 0 Å². The van der Waals surface area contributed by atoms with Crippen molar-refractivity contribution in [3.63, 3.8) is 0 Å². The number of phenolic OH excluding ortho intramolecular Hbond substituents is 1. The topological polar surface area (TPSA) is 41.5 Å². The van der Waals surface area contributed by atoms with E-state index >= 15 is 0 Å². The van der Waals surface area contributed by atoms with Crippen molar-refractivity contribution in [2.75, 3.05) is 11.9 Å². The molecule has 0 saturated carbocycles. The van der Waals surface area contributed by atoms with Gasteiger partial charge in [-0.1, -0.05) is 38.1 Å². The van der Waals surface area contributed by atoms with Gasteiger partial charge in [-0.15, -0.1) is 0 Å². The Labute approximate surface area is 134 Å². The average Bonchev–Trinajstić information content (AvgIpc) is 2.47. The Hall–Kier alpha value is -1.68. The summed E-state index contributed by atoms with van der Waals surface area (Å²) >= 11 is 3.33. The standard InChI is InChI=1S/C17H20BrNO2/c1-12(2)11-21-16-9-4-3-8-15(16)19-10-13-6-5-7-14(18)17(13)20/h3-9,12,19-20H,10-11H2,1-2H3. The summed E-state index contributed by atoms with van der Waals surface area (Å²) in [6.45, 7) is 5.46. The van der Waals surface area contributed by atoms with Crippen LogP contribution < -0.4 is 10.1 Å². The van der Waals surface area contributed by atoms with E-state index in [9.17, 15) is 5.11 Å². The number of phenols is 1. The summed E-state index contributed by atoms with van der Waals surface area (Å²) in [4.78, 5) is 0. The maximum Gasteiger partial charge on any atom is 0.142 e. The van der Waals surface area contributed by atoms with Crippen LogP contribution in [0.4, 0.5) is 5.69 Å². The van der Waals surface area contributed by atoms with Crippen LogP contribution in [0.15, 0.2) is 46.9 Å². The third kappa shape index (κ3) is 4.39. The second kappa shape index (κ2) is 7.36. The first-order valence-electron chi connectivity index (χ1n) is 7.00. The molecule has 0 fully saturated rings. The summed E-state index contributed by atoms with van der Waals surface area (Å²) in [6.07, 6.45) is 0. The molecule has 0 aliphatic rings. The van der Waals surface area contributed by atoms with E-state index in [4.69, 9.17) is 4.74 Å². The Morgan fingerprint density at radius 2 is 1.90 bits per heavy atom. The van der Waals surface area contributed by atoms with E-state index in [-0.39, 0.29) is 5.75 Å². The van der Waals surface area contributed by atoms with E-state index in [0.29, 0.717) is 23.5 Å². The highest BCUT2D eigenvalue weighted by molar-refractivity contribution is 9.10. The lowest BCUT2D eigenvalue weighted by atomic mass is 10.2. The second-order valence-electron chi connectivity index (χ2n) is 5.30. The van der Waals surface area contributed by atoms with Gasteiger partial charge in [0.05, 0.1) is 16.8 Å². The Morgan fingerprint density at radius 1 is 1.14 bits per heavy atom. The molecule has 0 atom stereocenters.